The fourth-order valence-electron chi connectivity index (χ4n) is 2.27. The smallest absolute Gasteiger partial charge is 0.0527 e. The van der Waals surface area contributed by atoms with Gasteiger partial charge in [0.15, 0.2) is 0 Å². The first-order valence-electron chi connectivity index (χ1n) is 6.12. The molecule has 0 aromatic carbocycles. The monoisotopic (exact) mass is 206 g/mol. The minimum Gasteiger partial charge on any atom is -0.269 e. The van der Waals surface area contributed by atoms with Gasteiger partial charge in [-0.15, -0.1) is 0 Å². The maximum atomic E-state index is 4.52. The van der Waals surface area contributed by atoms with Crippen molar-refractivity contribution in [1.82, 2.24) is 9.78 Å². The van der Waals surface area contributed by atoms with Gasteiger partial charge in [0, 0.05) is 6.20 Å². The standard InChI is InChI=1S/C13H22N2/c1-13(2,3)11-9-14-15(10-11)12-7-5-4-6-8-12/h9-10,12H,4-8H2,1-3H3. The Kier molecular flexibility index (Phi) is 2.85. The van der Waals surface area contributed by atoms with Gasteiger partial charge in [-0.25, -0.2) is 0 Å². The van der Waals surface area contributed by atoms with Crippen molar-refractivity contribution in [3.05, 3.63) is 18.0 Å². The van der Waals surface area contributed by atoms with Crippen LogP contribution >= 0.6 is 0 Å². The Hall–Kier alpha value is -0.790. The molecule has 1 fully saturated rings. The molecule has 0 aliphatic heterocycles. The predicted molar refractivity (Wildman–Crippen MR) is 63.0 cm³/mol. The molecule has 2 rings (SSSR count). The van der Waals surface area contributed by atoms with E-state index in [1.165, 1.54) is 37.7 Å². The van der Waals surface area contributed by atoms with Crippen LogP contribution in [0.2, 0.25) is 0 Å². The van der Waals surface area contributed by atoms with Crippen LogP contribution in [0, 0.1) is 0 Å². The molecule has 1 saturated carbocycles. The molecule has 2 heteroatoms. The van der Waals surface area contributed by atoms with E-state index in [1.807, 2.05) is 6.20 Å². The second-order valence-corrected chi connectivity index (χ2v) is 5.75. The van der Waals surface area contributed by atoms with Gasteiger partial charge in [0.2, 0.25) is 0 Å². The third-order valence-electron chi connectivity index (χ3n) is 3.42. The van der Waals surface area contributed by atoms with Crippen molar-refractivity contribution >= 4 is 0 Å². The number of hydrogen-bond acceptors (Lipinski definition) is 1. The lowest BCUT2D eigenvalue weighted by molar-refractivity contribution is 0.329. The van der Waals surface area contributed by atoms with Gasteiger partial charge in [-0.3, -0.25) is 4.68 Å². The van der Waals surface area contributed by atoms with Crippen LogP contribution in [-0.4, -0.2) is 9.78 Å². The summed E-state index contributed by atoms with van der Waals surface area (Å²) >= 11 is 0. The number of nitrogens with zero attached hydrogens (tertiary/aromatic N) is 2. The summed E-state index contributed by atoms with van der Waals surface area (Å²) in [5.74, 6) is 0. The van der Waals surface area contributed by atoms with Crippen LogP contribution in [0.3, 0.4) is 0 Å². The molecule has 0 atom stereocenters. The first kappa shape index (κ1) is 10.7. The first-order valence-corrected chi connectivity index (χ1v) is 6.12. The maximum Gasteiger partial charge on any atom is 0.0527 e. The molecule has 84 valence electrons. The van der Waals surface area contributed by atoms with E-state index in [0.29, 0.717) is 6.04 Å². The van der Waals surface area contributed by atoms with E-state index in [1.54, 1.807) is 0 Å². The summed E-state index contributed by atoms with van der Waals surface area (Å²) < 4.78 is 2.19. The van der Waals surface area contributed by atoms with Crippen LogP contribution in [0.1, 0.15) is 64.5 Å². The Bertz CT molecular complexity index is 314. The van der Waals surface area contributed by atoms with Gasteiger partial charge in [-0.1, -0.05) is 40.0 Å². The van der Waals surface area contributed by atoms with Crippen molar-refractivity contribution in [2.24, 2.45) is 0 Å². The Morgan fingerprint density at radius 1 is 1.20 bits per heavy atom. The van der Waals surface area contributed by atoms with E-state index in [-0.39, 0.29) is 5.41 Å². The lowest BCUT2D eigenvalue weighted by Crippen LogP contribution is -2.14. The molecule has 0 unspecified atom stereocenters. The zero-order chi connectivity index (χ0) is 10.9. The molecule has 1 aliphatic carbocycles. The Labute approximate surface area is 92.7 Å². The summed E-state index contributed by atoms with van der Waals surface area (Å²) in [6.45, 7) is 6.74. The van der Waals surface area contributed by atoms with E-state index >= 15 is 0 Å². The number of aromatic nitrogens is 2. The highest BCUT2D eigenvalue weighted by atomic mass is 15.3. The highest BCUT2D eigenvalue weighted by Gasteiger charge is 2.20. The van der Waals surface area contributed by atoms with Crippen LogP contribution in [0.15, 0.2) is 12.4 Å². The normalized spacial score (nSPS) is 19.4. The molecule has 1 aromatic rings. The van der Waals surface area contributed by atoms with Gasteiger partial charge >= 0.3 is 0 Å². The van der Waals surface area contributed by atoms with Crippen LogP contribution < -0.4 is 0 Å². The lowest BCUT2D eigenvalue weighted by Gasteiger charge is -2.22. The molecule has 0 N–H and O–H groups in total. The van der Waals surface area contributed by atoms with Gasteiger partial charge in [0.05, 0.1) is 12.2 Å². The minimum absolute atomic E-state index is 0.229. The number of hydrogen-bond donors (Lipinski definition) is 0. The summed E-state index contributed by atoms with van der Waals surface area (Å²) in [6, 6.07) is 0.662. The van der Waals surface area contributed by atoms with Crippen LogP contribution in [-0.2, 0) is 5.41 Å². The molecule has 0 bridgehead atoms. The zero-order valence-electron chi connectivity index (χ0n) is 10.2. The third-order valence-corrected chi connectivity index (χ3v) is 3.42. The molecule has 0 amide bonds. The molecule has 0 saturated heterocycles. The van der Waals surface area contributed by atoms with E-state index in [2.05, 4.69) is 36.7 Å². The largest absolute Gasteiger partial charge is 0.269 e. The van der Waals surface area contributed by atoms with Crippen molar-refractivity contribution < 1.29 is 0 Å². The van der Waals surface area contributed by atoms with E-state index in [9.17, 15) is 0 Å². The fourth-order valence-corrected chi connectivity index (χ4v) is 2.27. The summed E-state index contributed by atoms with van der Waals surface area (Å²) in [5, 5.41) is 4.52. The van der Waals surface area contributed by atoms with Crippen molar-refractivity contribution in [1.29, 1.82) is 0 Å². The minimum atomic E-state index is 0.229. The van der Waals surface area contributed by atoms with Crippen molar-refractivity contribution in [3.63, 3.8) is 0 Å². The van der Waals surface area contributed by atoms with Gasteiger partial charge in [-0.2, -0.15) is 5.10 Å². The third kappa shape index (κ3) is 2.42. The zero-order valence-corrected chi connectivity index (χ0v) is 10.2. The molecule has 1 heterocycles. The second kappa shape index (κ2) is 3.99. The van der Waals surface area contributed by atoms with Crippen molar-refractivity contribution in [3.8, 4) is 0 Å². The Morgan fingerprint density at radius 2 is 1.87 bits per heavy atom. The van der Waals surface area contributed by atoms with Gasteiger partial charge < -0.3 is 0 Å². The van der Waals surface area contributed by atoms with Crippen LogP contribution in [0.4, 0.5) is 0 Å². The first-order chi connectivity index (χ1) is 7.07. The molecular weight excluding hydrogens is 184 g/mol. The Morgan fingerprint density at radius 3 is 2.40 bits per heavy atom. The summed E-state index contributed by atoms with van der Waals surface area (Å²) in [6.07, 6.45) is 11.1. The summed E-state index contributed by atoms with van der Waals surface area (Å²) in [4.78, 5) is 0. The highest BCUT2D eigenvalue weighted by Crippen LogP contribution is 2.29. The average Bonchev–Trinajstić information content (AvgIpc) is 2.67. The topological polar surface area (TPSA) is 17.8 Å². The summed E-state index contributed by atoms with van der Waals surface area (Å²) in [7, 11) is 0. The molecular formula is C13H22N2. The quantitative estimate of drug-likeness (QED) is 0.685. The van der Waals surface area contributed by atoms with Gasteiger partial charge in [0.25, 0.3) is 0 Å². The lowest BCUT2D eigenvalue weighted by atomic mass is 9.89. The van der Waals surface area contributed by atoms with Crippen molar-refractivity contribution in [2.45, 2.75) is 64.3 Å². The predicted octanol–water partition coefficient (Wildman–Crippen LogP) is 3.69. The van der Waals surface area contributed by atoms with Crippen LogP contribution in [0.25, 0.3) is 0 Å². The molecule has 15 heavy (non-hydrogen) atoms. The number of rotatable bonds is 1. The highest BCUT2D eigenvalue weighted by molar-refractivity contribution is 5.15. The van der Waals surface area contributed by atoms with Crippen molar-refractivity contribution in [2.75, 3.05) is 0 Å². The molecule has 0 spiro atoms. The molecule has 0 radical (unpaired) electrons. The molecule has 1 aromatic heterocycles. The van der Waals surface area contributed by atoms with E-state index in [0.717, 1.165) is 0 Å². The van der Waals surface area contributed by atoms with Gasteiger partial charge in [-0.05, 0) is 23.8 Å². The molecule has 2 nitrogen and oxygen atoms in total. The summed E-state index contributed by atoms with van der Waals surface area (Å²) in [5.41, 5.74) is 1.58. The van der Waals surface area contributed by atoms with E-state index in [4.69, 9.17) is 0 Å². The fraction of sp³-hybridized carbons (Fsp3) is 0.769. The SMILES string of the molecule is CC(C)(C)c1cnn(C2CCCCC2)c1. The second-order valence-electron chi connectivity index (χ2n) is 5.75. The molecule has 1 aliphatic rings. The van der Waals surface area contributed by atoms with Crippen LogP contribution in [0.5, 0.6) is 0 Å². The maximum absolute atomic E-state index is 4.52. The average molecular weight is 206 g/mol. The van der Waals surface area contributed by atoms with E-state index < -0.39 is 0 Å². The van der Waals surface area contributed by atoms with Gasteiger partial charge in [0.1, 0.15) is 0 Å². The Balaban J connectivity index is 2.12.